The van der Waals surface area contributed by atoms with E-state index in [9.17, 15) is 46.4 Å². The van der Waals surface area contributed by atoms with Crippen LogP contribution in [0.15, 0.2) is 0 Å². The Morgan fingerprint density at radius 3 is 2.49 bits per heavy atom. The summed E-state index contributed by atoms with van der Waals surface area (Å²) in [7, 11) is 0. The molecule has 9 nitrogen and oxygen atoms in total. The number of hydrogen-bond acceptors (Lipinski definition) is 5. The molecule has 0 aromatic heterocycles. The molecular formula is C23H30F5N5O4. The Labute approximate surface area is 210 Å². The maximum atomic E-state index is 14.3. The SMILES string of the molecule is CC(C)C[C@H](NC(=O)C(F)(F)F)C(=O)N1CCC(F)(F)C[C@H]1C(=O)NC1(C#N)CC1[C@@H]1CCCNC1=O. The van der Waals surface area contributed by atoms with Crippen LogP contribution in [0, 0.1) is 29.1 Å². The number of alkyl halides is 5. The second-order valence-corrected chi connectivity index (χ2v) is 10.4. The number of amides is 4. The molecule has 3 aliphatic rings. The number of carbonyl (C=O) groups is 4. The Bertz CT molecular complexity index is 982. The highest BCUT2D eigenvalue weighted by atomic mass is 19.4. The maximum absolute atomic E-state index is 14.3. The van der Waals surface area contributed by atoms with Crippen molar-refractivity contribution in [1.82, 2.24) is 20.9 Å². The van der Waals surface area contributed by atoms with Crippen molar-refractivity contribution in [2.24, 2.45) is 17.8 Å². The van der Waals surface area contributed by atoms with Gasteiger partial charge in [-0.1, -0.05) is 13.8 Å². The van der Waals surface area contributed by atoms with Gasteiger partial charge in [0.2, 0.25) is 17.7 Å². The van der Waals surface area contributed by atoms with Crippen LogP contribution in [-0.2, 0) is 19.2 Å². The molecule has 3 fully saturated rings. The van der Waals surface area contributed by atoms with Crippen LogP contribution in [0.2, 0.25) is 0 Å². The molecule has 3 N–H and O–H groups in total. The summed E-state index contributed by atoms with van der Waals surface area (Å²) in [4.78, 5) is 50.9. The molecule has 0 radical (unpaired) electrons. The smallest absolute Gasteiger partial charge is 0.356 e. The number of rotatable bonds is 7. The van der Waals surface area contributed by atoms with E-state index in [1.807, 2.05) is 6.07 Å². The van der Waals surface area contributed by atoms with E-state index in [-0.39, 0.29) is 24.7 Å². The van der Waals surface area contributed by atoms with Gasteiger partial charge in [0, 0.05) is 37.8 Å². The largest absolute Gasteiger partial charge is 0.471 e. The van der Waals surface area contributed by atoms with Crippen molar-refractivity contribution in [3.63, 3.8) is 0 Å². The highest BCUT2D eigenvalue weighted by Gasteiger charge is 2.62. The van der Waals surface area contributed by atoms with E-state index in [1.165, 1.54) is 0 Å². The van der Waals surface area contributed by atoms with Crippen molar-refractivity contribution in [1.29, 1.82) is 5.26 Å². The lowest BCUT2D eigenvalue weighted by atomic mass is 9.91. The van der Waals surface area contributed by atoms with Gasteiger partial charge >= 0.3 is 12.1 Å². The Balaban J connectivity index is 1.81. The number of nitrogens with one attached hydrogen (secondary N) is 3. The lowest BCUT2D eigenvalue weighted by molar-refractivity contribution is -0.176. The van der Waals surface area contributed by atoms with Gasteiger partial charge in [-0.3, -0.25) is 19.2 Å². The van der Waals surface area contributed by atoms with Gasteiger partial charge in [0.05, 0.1) is 6.07 Å². The van der Waals surface area contributed by atoms with Crippen molar-refractivity contribution >= 4 is 23.6 Å². The highest BCUT2D eigenvalue weighted by Crippen LogP contribution is 2.50. The number of carbonyl (C=O) groups excluding carboxylic acids is 4. The van der Waals surface area contributed by atoms with E-state index >= 15 is 0 Å². The Morgan fingerprint density at radius 1 is 1.24 bits per heavy atom. The predicted octanol–water partition coefficient (Wildman–Crippen LogP) is 1.63. The minimum absolute atomic E-state index is 0.127. The summed E-state index contributed by atoms with van der Waals surface area (Å²) in [5.74, 6) is -9.53. The molecule has 206 valence electrons. The average Bonchev–Trinajstić information content (AvgIpc) is 3.50. The number of hydrogen-bond donors (Lipinski definition) is 3. The topological polar surface area (TPSA) is 131 Å². The van der Waals surface area contributed by atoms with Crippen molar-refractivity contribution < 1.29 is 41.1 Å². The second-order valence-electron chi connectivity index (χ2n) is 10.4. The normalized spacial score (nSPS) is 30.1. The quantitative estimate of drug-likeness (QED) is 0.427. The monoisotopic (exact) mass is 535 g/mol. The third-order valence-electron chi connectivity index (χ3n) is 7.11. The minimum Gasteiger partial charge on any atom is -0.356 e. The Hall–Kier alpha value is -2.98. The van der Waals surface area contributed by atoms with E-state index in [1.54, 1.807) is 19.2 Å². The molecule has 2 unspecified atom stereocenters. The fourth-order valence-corrected chi connectivity index (χ4v) is 5.12. The Kier molecular flexibility index (Phi) is 8.05. The molecule has 37 heavy (non-hydrogen) atoms. The third kappa shape index (κ3) is 6.48. The molecule has 2 aliphatic heterocycles. The summed E-state index contributed by atoms with van der Waals surface area (Å²) in [6.45, 7) is 3.05. The third-order valence-corrected chi connectivity index (χ3v) is 7.11. The number of piperidine rings is 2. The summed E-state index contributed by atoms with van der Waals surface area (Å²) in [6.07, 6.45) is -6.10. The fourth-order valence-electron chi connectivity index (χ4n) is 5.12. The predicted molar refractivity (Wildman–Crippen MR) is 117 cm³/mol. The van der Waals surface area contributed by atoms with Crippen LogP contribution in [-0.4, -0.2) is 71.3 Å². The van der Waals surface area contributed by atoms with E-state index in [4.69, 9.17) is 0 Å². The molecule has 1 aliphatic carbocycles. The molecule has 5 atom stereocenters. The first-order chi connectivity index (χ1) is 17.1. The van der Waals surface area contributed by atoms with Gasteiger partial charge in [-0.2, -0.15) is 18.4 Å². The van der Waals surface area contributed by atoms with Gasteiger partial charge in [-0.25, -0.2) is 8.78 Å². The summed E-state index contributed by atoms with van der Waals surface area (Å²) >= 11 is 0. The molecule has 0 spiro atoms. The zero-order valence-electron chi connectivity index (χ0n) is 20.5. The average molecular weight is 536 g/mol. The molecular weight excluding hydrogens is 505 g/mol. The van der Waals surface area contributed by atoms with Crippen LogP contribution in [0.4, 0.5) is 22.0 Å². The van der Waals surface area contributed by atoms with Crippen molar-refractivity contribution in [3.05, 3.63) is 0 Å². The molecule has 3 rings (SSSR count). The van der Waals surface area contributed by atoms with Crippen LogP contribution in [0.25, 0.3) is 0 Å². The maximum Gasteiger partial charge on any atom is 0.471 e. The zero-order valence-corrected chi connectivity index (χ0v) is 20.5. The van der Waals surface area contributed by atoms with E-state index in [0.29, 0.717) is 19.4 Å². The van der Waals surface area contributed by atoms with Gasteiger partial charge < -0.3 is 20.9 Å². The van der Waals surface area contributed by atoms with Crippen LogP contribution in [0.5, 0.6) is 0 Å². The lowest BCUT2D eigenvalue weighted by Gasteiger charge is -2.40. The first-order valence-electron chi connectivity index (χ1n) is 12.2. The summed E-state index contributed by atoms with van der Waals surface area (Å²) in [5.41, 5.74) is -1.47. The van der Waals surface area contributed by atoms with Crippen LogP contribution in [0.1, 0.15) is 52.4 Å². The van der Waals surface area contributed by atoms with Crippen LogP contribution in [0.3, 0.4) is 0 Å². The standard InChI is InChI=1S/C23H30F5N5O4/c1-12(2)8-15(31-20(37)23(26,27)28)19(36)33-7-5-22(24,25)10-16(33)18(35)32-21(11-29)9-14(21)13-4-3-6-30-17(13)34/h12-16H,3-10H2,1-2H3,(H,30,34)(H,31,37)(H,32,35)/t13-,14?,15-,16-,21?/m0/s1. The highest BCUT2D eigenvalue weighted by molar-refractivity contribution is 5.94. The zero-order chi connectivity index (χ0) is 27.8. The first-order valence-corrected chi connectivity index (χ1v) is 12.2. The van der Waals surface area contributed by atoms with Crippen LogP contribution < -0.4 is 16.0 Å². The van der Waals surface area contributed by atoms with Crippen molar-refractivity contribution in [2.75, 3.05) is 13.1 Å². The van der Waals surface area contributed by atoms with E-state index in [2.05, 4.69) is 10.6 Å². The molecule has 1 saturated carbocycles. The number of nitriles is 1. The minimum atomic E-state index is -5.27. The van der Waals surface area contributed by atoms with Gasteiger partial charge in [-0.05, 0) is 31.6 Å². The van der Waals surface area contributed by atoms with E-state index < -0.39 is 78.7 Å². The molecule has 0 aromatic rings. The van der Waals surface area contributed by atoms with Gasteiger partial charge in [0.1, 0.15) is 17.6 Å². The molecule has 0 aromatic carbocycles. The van der Waals surface area contributed by atoms with Gasteiger partial charge in [0.15, 0.2) is 0 Å². The lowest BCUT2D eigenvalue weighted by Crippen LogP contribution is -2.62. The van der Waals surface area contributed by atoms with Crippen LogP contribution >= 0.6 is 0 Å². The number of likely N-dealkylation sites (tertiary alicyclic amines) is 1. The number of halogens is 5. The molecule has 4 amide bonds. The first kappa shape index (κ1) is 28.6. The van der Waals surface area contributed by atoms with Gasteiger partial charge in [0.25, 0.3) is 5.92 Å². The molecule has 2 heterocycles. The van der Waals surface area contributed by atoms with Crippen molar-refractivity contribution in [2.45, 2.75) is 82.1 Å². The summed E-state index contributed by atoms with van der Waals surface area (Å²) < 4.78 is 67.2. The molecule has 14 heteroatoms. The Morgan fingerprint density at radius 2 is 1.92 bits per heavy atom. The molecule has 2 saturated heterocycles. The summed E-state index contributed by atoms with van der Waals surface area (Å²) in [5, 5.41) is 16.5. The molecule has 0 bridgehead atoms. The van der Waals surface area contributed by atoms with Gasteiger partial charge in [-0.15, -0.1) is 0 Å². The fraction of sp³-hybridized carbons (Fsp3) is 0.783. The van der Waals surface area contributed by atoms with E-state index in [0.717, 1.165) is 4.90 Å². The number of nitrogens with zero attached hydrogens (tertiary/aromatic N) is 2. The summed E-state index contributed by atoms with van der Waals surface area (Å²) in [6, 6.07) is -1.51. The second kappa shape index (κ2) is 10.4. The van der Waals surface area contributed by atoms with Crippen molar-refractivity contribution in [3.8, 4) is 6.07 Å².